The Kier molecular flexibility index (Phi) is 3.92. The number of thiophene rings is 1. The van der Waals surface area contributed by atoms with Gasteiger partial charge in [-0.15, -0.1) is 11.3 Å². The quantitative estimate of drug-likeness (QED) is 0.665. The van der Waals surface area contributed by atoms with Crippen LogP contribution in [-0.2, 0) is 19.3 Å². The Morgan fingerprint density at radius 1 is 1.32 bits per heavy atom. The van der Waals surface area contributed by atoms with Gasteiger partial charge < -0.3 is 0 Å². The Morgan fingerprint density at radius 2 is 2.21 bits per heavy atom. The minimum Gasteiger partial charge on any atom is -0.271 e. The van der Waals surface area contributed by atoms with Crippen LogP contribution in [0.3, 0.4) is 0 Å². The van der Waals surface area contributed by atoms with Crippen molar-refractivity contribution in [3.05, 3.63) is 51.5 Å². The van der Waals surface area contributed by atoms with Crippen molar-refractivity contribution in [2.24, 2.45) is 5.84 Å². The molecule has 1 aliphatic carbocycles. The number of pyridine rings is 1. The predicted molar refractivity (Wildman–Crippen MR) is 79.0 cm³/mol. The summed E-state index contributed by atoms with van der Waals surface area (Å²) in [5.74, 6) is 5.74. The first-order chi connectivity index (χ1) is 9.36. The van der Waals surface area contributed by atoms with Gasteiger partial charge in [0.25, 0.3) is 0 Å². The van der Waals surface area contributed by atoms with Crippen molar-refractivity contribution in [1.29, 1.82) is 0 Å². The Bertz CT molecular complexity index is 512. The first kappa shape index (κ1) is 12.8. The number of fused-ring (bicyclic) bond motifs is 1. The van der Waals surface area contributed by atoms with Gasteiger partial charge in [0.15, 0.2) is 0 Å². The van der Waals surface area contributed by atoms with E-state index in [1.807, 2.05) is 29.7 Å². The number of hydrazine groups is 1. The smallest absolute Gasteiger partial charge is 0.0608 e. The van der Waals surface area contributed by atoms with E-state index in [1.54, 1.807) is 4.88 Å². The molecule has 0 saturated heterocycles. The van der Waals surface area contributed by atoms with Crippen LogP contribution in [-0.4, -0.2) is 4.98 Å². The molecule has 0 amide bonds. The number of aryl methyl sites for hydroxylation is 2. The number of hydrogen-bond donors (Lipinski definition) is 2. The van der Waals surface area contributed by atoms with Crippen LogP contribution in [0.2, 0.25) is 0 Å². The van der Waals surface area contributed by atoms with Crippen molar-refractivity contribution in [2.75, 3.05) is 0 Å². The predicted octanol–water partition coefficient (Wildman–Crippen LogP) is 2.77. The van der Waals surface area contributed by atoms with E-state index in [1.165, 1.54) is 36.1 Å². The lowest BCUT2D eigenvalue weighted by molar-refractivity contribution is 0.554. The maximum Gasteiger partial charge on any atom is 0.0608 e. The van der Waals surface area contributed by atoms with Crippen LogP contribution in [0.25, 0.3) is 0 Å². The van der Waals surface area contributed by atoms with E-state index in [-0.39, 0.29) is 6.04 Å². The molecule has 1 atom stereocenters. The SMILES string of the molecule is NNC(Cc1ccccn1)c1cc2c(s1)CCCC2. The average Bonchev–Trinajstić information content (AvgIpc) is 2.89. The maximum atomic E-state index is 5.74. The fraction of sp³-hybridized carbons (Fsp3) is 0.400. The Balaban J connectivity index is 1.80. The molecule has 2 heterocycles. The summed E-state index contributed by atoms with van der Waals surface area (Å²) in [6.07, 6.45) is 7.80. The normalized spacial score (nSPS) is 16.1. The maximum absolute atomic E-state index is 5.74. The number of nitrogens with two attached hydrogens (primary N) is 1. The van der Waals surface area contributed by atoms with Gasteiger partial charge in [0.2, 0.25) is 0 Å². The number of rotatable bonds is 4. The van der Waals surface area contributed by atoms with Gasteiger partial charge >= 0.3 is 0 Å². The lowest BCUT2D eigenvalue weighted by Gasteiger charge is -2.13. The molecule has 3 nitrogen and oxygen atoms in total. The number of hydrogen-bond acceptors (Lipinski definition) is 4. The van der Waals surface area contributed by atoms with E-state index in [2.05, 4.69) is 22.5 Å². The molecule has 0 bridgehead atoms. The molecule has 0 aliphatic heterocycles. The third kappa shape index (κ3) is 2.86. The summed E-state index contributed by atoms with van der Waals surface area (Å²) in [4.78, 5) is 7.29. The summed E-state index contributed by atoms with van der Waals surface area (Å²) in [7, 11) is 0. The molecule has 0 spiro atoms. The molecule has 2 aromatic heterocycles. The van der Waals surface area contributed by atoms with Gasteiger partial charge in [-0.2, -0.15) is 0 Å². The Labute approximate surface area is 117 Å². The molecule has 0 aromatic carbocycles. The summed E-state index contributed by atoms with van der Waals surface area (Å²) in [5.41, 5.74) is 5.56. The van der Waals surface area contributed by atoms with E-state index in [4.69, 9.17) is 5.84 Å². The van der Waals surface area contributed by atoms with Crippen molar-refractivity contribution in [3.63, 3.8) is 0 Å². The highest BCUT2D eigenvalue weighted by atomic mass is 32.1. The van der Waals surface area contributed by atoms with Gasteiger partial charge in [-0.3, -0.25) is 16.3 Å². The van der Waals surface area contributed by atoms with Crippen LogP contribution in [0, 0.1) is 0 Å². The van der Waals surface area contributed by atoms with Gasteiger partial charge in [-0.05, 0) is 49.4 Å². The van der Waals surface area contributed by atoms with Crippen LogP contribution >= 0.6 is 11.3 Å². The number of nitrogens with one attached hydrogen (secondary N) is 1. The van der Waals surface area contributed by atoms with Crippen LogP contribution < -0.4 is 11.3 Å². The first-order valence-corrected chi connectivity index (χ1v) is 7.66. The third-order valence-corrected chi connectivity index (χ3v) is 5.05. The van der Waals surface area contributed by atoms with Crippen molar-refractivity contribution in [2.45, 2.75) is 38.1 Å². The first-order valence-electron chi connectivity index (χ1n) is 6.84. The van der Waals surface area contributed by atoms with Crippen LogP contribution in [0.5, 0.6) is 0 Å². The molecule has 4 heteroatoms. The van der Waals surface area contributed by atoms with Crippen molar-refractivity contribution >= 4 is 11.3 Å². The fourth-order valence-electron chi connectivity index (χ4n) is 2.66. The second kappa shape index (κ2) is 5.82. The third-order valence-electron chi connectivity index (χ3n) is 3.70. The molecule has 3 rings (SSSR count). The van der Waals surface area contributed by atoms with E-state index in [9.17, 15) is 0 Å². The molecular weight excluding hydrogens is 254 g/mol. The van der Waals surface area contributed by atoms with Gasteiger partial charge in [-0.25, -0.2) is 0 Å². The lowest BCUT2D eigenvalue weighted by atomic mass is 9.98. The minimum atomic E-state index is 0.172. The summed E-state index contributed by atoms with van der Waals surface area (Å²) in [5, 5.41) is 0. The number of aromatic nitrogens is 1. The van der Waals surface area contributed by atoms with Gasteiger partial charge in [-0.1, -0.05) is 6.07 Å². The largest absolute Gasteiger partial charge is 0.271 e. The second-order valence-electron chi connectivity index (χ2n) is 5.05. The van der Waals surface area contributed by atoms with E-state index in [0.29, 0.717) is 0 Å². The second-order valence-corrected chi connectivity index (χ2v) is 6.22. The monoisotopic (exact) mass is 273 g/mol. The zero-order chi connectivity index (χ0) is 13.1. The van der Waals surface area contributed by atoms with E-state index in [0.717, 1.165) is 12.1 Å². The molecule has 3 N–H and O–H groups in total. The van der Waals surface area contributed by atoms with Gasteiger partial charge in [0, 0.05) is 28.1 Å². The Morgan fingerprint density at radius 3 is 2.95 bits per heavy atom. The highest BCUT2D eigenvalue weighted by Gasteiger charge is 2.19. The summed E-state index contributed by atoms with van der Waals surface area (Å²) < 4.78 is 0. The van der Waals surface area contributed by atoms with Crippen LogP contribution in [0.1, 0.15) is 39.9 Å². The van der Waals surface area contributed by atoms with Crippen LogP contribution in [0.4, 0.5) is 0 Å². The summed E-state index contributed by atoms with van der Waals surface area (Å²) in [6.45, 7) is 0. The van der Waals surface area contributed by atoms with Gasteiger partial charge in [0.1, 0.15) is 0 Å². The number of nitrogens with zero attached hydrogens (tertiary/aromatic N) is 1. The zero-order valence-electron chi connectivity index (χ0n) is 10.9. The fourth-order valence-corrected chi connectivity index (χ4v) is 3.97. The molecule has 0 saturated carbocycles. The molecule has 100 valence electrons. The summed E-state index contributed by atoms with van der Waals surface area (Å²) >= 11 is 1.92. The lowest BCUT2D eigenvalue weighted by Crippen LogP contribution is -2.29. The molecule has 0 radical (unpaired) electrons. The molecule has 1 aliphatic rings. The summed E-state index contributed by atoms with van der Waals surface area (Å²) in [6, 6.07) is 8.53. The van der Waals surface area contributed by atoms with E-state index >= 15 is 0 Å². The van der Waals surface area contributed by atoms with Crippen molar-refractivity contribution < 1.29 is 0 Å². The van der Waals surface area contributed by atoms with E-state index < -0.39 is 0 Å². The molecule has 19 heavy (non-hydrogen) atoms. The topological polar surface area (TPSA) is 50.9 Å². The van der Waals surface area contributed by atoms with Gasteiger partial charge in [0.05, 0.1) is 6.04 Å². The standard InChI is InChI=1S/C15H19N3S/c16-18-13(10-12-6-3-4-8-17-12)15-9-11-5-1-2-7-14(11)19-15/h3-4,6,8-9,13,18H,1-2,5,7,10,16H2. The molecular formula is C15H19N3S. The highest BCUT2D eigenvalue weighted by Crippen LogP contribution is 2.33. The van der Waals surface area contributed by atoms with Crippen LogP contribution in [0.15, 0.2) is 30.5 Å². The zero-order valence-corrected chi connectivity index (χ0v) is 11.7. The van der Waals surface area contributed by atoms with Crippen molar-refractivity contribution in [1.82, 2.24) is 10.4 Å². The average molecular weight is 273 g/mol. The molecule has 0 fully saturated rings. The molecule has 1 unspecified atom stereocenters. The Hall–Kier alpha value is -1.23. The minimum absolute atomic E-state index is 0.172. The molecule has 2 aromatic rings. The van der Waals surface area contributed by atoms with Crippen molar-refractivity contribution in [3.8, 4) is 0 Å². The highest BCUT2D eigenvalue weighted by molar-refractivity contribution is 7.12.